The summed E-state index contributed by atoms with van der Waals surface area (Å²) >= 11 is 0. The van der Waals surface area contributed by atoms with Gasteiger partial charge in [-0.2, -0.15) is 0 Å². The highest BCUT2D eigenvalue weighted by Gasteiger charge is 2.18. The minimum atomic E-state index is 0.619. The first-order chi connectivity index (χ1) is 27.2. The van der Waals surface area contributed by atoms with E-state index in [-0.39, 0.29) is 0 Å². The van der Waals surface area contributed by atoms with Crippen molar-refractivity contribution in [1.82, 2.24) is 24.5 Å². The summed E-state index contributed by atoms with van der Waals surface area (Å²) in [5.74, 6) is 1.89. The molecule has 0 radical (unpaired) electrons. The number of hydrogen-bond acceptors (Lipinski definition) is 4. The van der Waals surface area contributed by atoms with Gasteiger partial charge in [0.1, 0.15) is 0 Å². The van der Waals surface area contributed by atoms with Gasteiger partial charge in [-0.25, -0.2) is 15.0 Å². The summed E-state index contributed by atoms with van der Waals surface area (Å²) in [6.07, 6.45) is 1.85. The van der Waals surface area contributed by atoms with E-state index < -0.39 is 0 Å². The van der Waals surface area contributed by atoms with E-state index in [0.717, 1.165) is 66.9 Å². The van der Waals surface area contributed by atoms with E-state index in [9.17, 15) is 0 Å². The molecule has 258 valence electrons. The lowest BCUT2D eigenvalue weighted by atomic mass is 9.95. The van der Waals surface area contributed by atoms with Crippen LogP contribution in [0.2, 0.25) is 0 Å². The van der Waals surface area contributed by atoms with E-state index in [1.165, 1.54) is 10.8 Å². The predicted molar refractivity (Wildman–Crippen MR) is 225 cm³/mol. The monoisotopic (exact) mass is 703 g/mol. The Morgan fingerprint density at radius 3 is 1.33 bits per heavy atom. The van der Waals surface area contributed by atoms with E-state index in [0.29, 0.717) is 17.5 Å². The first-order valence-corrected chi connectivity index (χ1v) is 18.4. The van der Waals surface area contributed by atoms with Crippen LogP contribution in [0.25, 0.3) is 95.2 Å². The second kappa shape index (κ2) is 13.8. The lowest BCUT2D eigenvalue weighted by Crippen LogP contribution is -2.00. The molecule has 0 aliphatic heterocycles. The molecule has 0 amide bonds. The molecule has 10 aromatic rings. The molecule has 0 saturated carbocycles. The van der Waals surface area contributed by atoms with E-state index in [1.807, 2.05) is 85.1 Å². The minimum absolute atomic E-state index is 0.619. The fraction of sp³-hybridized carbons (Fsp3) is 0. The Balaban J connectivity index is 1.20. The molecule has 0 fully saturated rings. The average molecular weight is 704 g/mol. The first kappa shape index (κ1) is 32.2. The van der Waals surface area contributed by atoms with Gasteiger partial charge >= 0.3 is 0 Å². The molecule has 5 heteroatoms. The van der Waals surface area contributed by atoms with Crippen molar-refractivity contribution in [3.05, 3.63) is 200 Å². The van der Waals surface area contributed by atoms with Crippen molar-refractivity contribution in [2.45, 2.75) is 0 Å². The maximum Gasteiger partial charge on any atom is 0.164 e. The lowest BCUT2D eigenvalue weighted by Gasteiger charge is -2.13. The van der Waals surface area contributed by atoms with Gasteiger partial charge in [-0.05, 0) is 89.0 Å². The van der Waals surface area contributed by atoms with Crippen molar-refractivity contribution in [3.63, 3.8) is 0 Å². The lowest BCUT2D eigenvalue weighted by molar-refractivity contribution is 1.07. The fourth-order valence-electron chi connectivity index (χ4n) is 7.41. The van der Waals surface area contributed by atoms with Gasteiger partial charge < -0.3 is 4.57 Å². The quantitative estimate of drug-likeness (QED) is 0.166. The zero-order valence-corrected chi connectivity index (χ0v) is 29.8. The van der Waals surface area contributed by atoms with Crippen LogP contribution in [0.4, 0.5) is 0 Å². The third kappa shape index (κ3) is 6.14. The Labute approximate surface area is 318 Å². The van der Waals surface area contributed by atoms with Gasteiger partial charge in [-0.15, -0.1) is 0 Å². The summed E-state index contributed by atoms with van der Waals surface area (Å²) in [6, 6.07) is 67.5. The van der Waals surface area contributed by atoms with Gasteiger partial charge in [-0.3, -0.25) is 4.98 Å². The van der Waals surface area contributed by atoms with Crippen LogP contribution in [-0.2, 0) is 0 Å². The number of aromatic nitrogens is 5. The number of hydrogen-bond donors (Lipinski definition) is 0. The number of pyridine rings is 1. The summed E-state index contributed by atoms with van der Waals surface area (Å²) in [5, 5.41) is 2.33. The smallest absolute Gasteiger partial charge is 0.164 e. The van der Waals surface area contributed by atoms with Gasteiger partial charge in [0.25, 0.3) is 0 Å². The molecule has 0 unspecified atom stereocenters. The highest BCUT2D eigenvalue weighted by molar-refractivity contribution is 6.11. The molecule has 3 aromatic heterocycles. The molecule has 0 N–H and O–H groups in total. The second-order valence-electron chi connectivity index (χ2n) is 13.6. The topological polar surface area (TPSA) is 56.5 Å². The number of nitrogens with zero attached hydrogens (tertiary/aromatic N) is 5. The Hall–Kier alpha value is -7.50. The summed E-state index contributed by atoms with van der Waals surface area (Å²) < 4.78 is 2.35. The molecular weight excluding hydrogens is 671 g/mol. The summed E-state index contributed by atoms with van der Waals surface area (Å²) in [5.41, 5.74) is 12.6. The molecule has 10 rings (SSSR count). The van der Waals surface area contributed by atoms with Crippen LogP contribution in [0.15, 0.2) is 200 Å². The van der Waals surface area contributed by atoms with Crippen LogP contribution in [0.3, 0.4) is 0 Å². The number of benzene rings is 7. The van der Waals surface area contributed by atoms with Crippen LogP contribution in [-0.4, -0.2) is 24.5 Å². The second-order valence-corrected chi connectivity index (χ2v) is 13.6. The van der Waals surface area contributed by atoms with Gasteiger partial charge in [0.2, 0.25) is 0 Å². The molecule has 0 spiro atoms. The molecule has 0 atom stereocenters. The summed E-state index contributed by atoms with van der Waals surface area (Å²) in [6.45, 7) is 0. The highest BCUT2D eigenvalue weighted by Crippen LogP contribution is 2.39. The van der Waals surface area contributed by atoms with Crippen LogP contribution in [0, 0.1) is 0 Å². The van der Waals surface area contributed by atoms with Gasteiger partial charge in [-0.1, -0.05) is 127 Å². The Morgan fingerprint density at radius 1 is 0.309 bits per heavy atom. The van der Waals surface area contributed by atoms with Crippen LogP contribution in [0.1, 0.15) is 0 Å². The normalized spacial score (nSPS) is 11.3. The van der Waals surface area contributed by atoms with Crippen molar-refractivity contribution in [2.75, 3.05) is 0 Å². The van der Waals surface area contributed by atoms with Crippen molar-refractivity contribution in [2.24, 2.45) is 0 Å². The van der Waals surface area contributed by atoms with Crippen LogP contribution < -0.4 is 0 Å². The standard InChI is InChI=1S/C50H33N5/c1-5-15-34(16-6-1)39-29-40(31-41(30-39)50-53-48(35-17-7-2-8-18-35)52-49(54-50)36-19-9-3-10-20-36)37-24-26-46-43(32-37)44-33-38(45-23-13-14-28-51-45)25-27-47(44)55(46)42-21-11-4-12-22-42/h1-33H. The van der Waals surface area contributed by atoms with Crippen molar-refractivity contribution in [1.29, 1.82) is 0 Å². The van der Waals surface area contributed by atoms with Gasteiger partial charge in [0.05, 0.1) is 16.7 Å². The summed E-state index contributed by atoms with van der Waals surface area (Å²) in [4.78, 5) is 19.8. The molecular formula is C50H33N5. The molecule has 0 aliphatic carbocycles. The van der Waals surface area contributed by atoms with Crippen molar-refractivity contribution < 1.29 is 0 Å². The zero-order valence-electron chi connectivity index (χ0n) is 29.8. The Morgan fingerprint density at radius 2 is 0.764 bits per heavy atom. The molecule has 5 nitrogen and oxygen atoms in total. The first-order valence-electron chi connectivity index (χ1n) is 18.4. The molecule has 0 saturated heterocycles. The molecule has 55 heavy (non-hydrogen) atoms. The predicted octanol–water partition coefficient (Wildman–Crippen LogP) is 12.4. The Bertz CT molecular complexity index is 2890. The largest absolute Gasteiger partial charge is 0.309 e. The summed E-state index contributed by atoms with van der Waals surface area (Å²) in [7, 11) is 0. The van der Waals surface area contributed by atoms with E-state index in [1.54, 1.807) is 0 Å². The number of rotatable bonds is 7. The zero-order chi connectivity index (χ0) is 36.6. The van der Waals surface area contributed by atoms with Crippen LogP contribution >= 0.6 is 0 Å². The molecule has 3 heterocycles. The van der Waals surface area contributed by atoms with Crippen molar-refractivity contribution >= 4 is 21.8 Å². The third-order valence-electron chi connectivity index (χ3n) is 10.1. The van der Waals surface area contributed by atoms with E-state index in [4.69, 9.17) is 15.0 Å². The Kier molecular flexibility index (Phi) is 8.08. The highest BCUT2D eigenvalue weighted by atomic mass is 15.0. The van der Waals surface area contributed by atoms with Gasteiger partial charge in [0.15, 0.2) is 17.5 Å². The van der Waals surface area contributed by atoms with Gasteiger partial charge in [0, 0.05) is 44.9 Å². The average Bonchev–Trinajstić information content (AvgIpc) is 3.60. The van der Waals surface area contributed by atoms with Crippen LogP contribution in [0.5, 0.6) is 0 Å². The fourth-order valence-corrected chi connectivity index (χ4v) is 7.41. The number of fused-ring (bicyclic) bond motifs is 3. The SMILES string of the molecule is c1ccc(-c2cc(-c3ccc4c(c3)c3cc(-c5ccccn5)ccc3n4-c3ccccc3)cc(-c3nc(-c4ccccc4)nc(-c4ccccc4)n3)c2)cc1. The molecule has 7 aromatic carbocycles. The minimum Gasteiger partial charge on any atom is -0.309 e. The molecule has 0 bridgehead atoms. The maximum atomic E-state index is 5.10. The van der Waals surface area contributed by atoms with Crippen molar-refractivity contribution in [3.8, 4) is 73.4 Å². The van der Waals surface area contributed by atoms with E-state index >= 15 is 0 Å². The van der Waals surface area contributed by atoms with E-state index in [2.05, 4.69) is 125 Å². The third-order valence-corrected chi connectivity index (χ3v) is 10.1. The maximum absolute atomic E-state index is 5.10. The number of para-hydroxylation sites is 1. The molecule has 0 aliphatic rings.